The molecule has 158 valence electrons. The van der Waals surface area contributed by atoms with Crippen molar-refractivity contribution >= 4 is 16.9 Å². The lowest BCUT2D eigenvalue weighted by Gasteiger charge is -2.18. The number of aromatic amines is 1. The number of nitrogens with zero attached hydrogens (tertiary/aromatic N) is 3. The van der Waals surface area contributed by atoms with Gasteiger partial charge in [0.15, 0.2) is 0 Å². The molecule has 8 nitrogen and oxygen atoms in total. The predicted octanol–water partition coefficient (Wildman–Crippen LogP) is 2.26. The van der Waals surface area contributed by atoms with Gasteiger partial charge in [-0.2, -0.15) is 0 Å². The number of ether oxygens (including phenoxy) is 1. The smallest absolute Gasteiger partial charge is 0.329 e. The van der Waals surface area contributed by atoms with Gasteiger partial charge in [-0.15, -0.1) is 0 Å². The molecule has 0 fully saturated rings. The molecule has 0 bridgehead atoms. The minimum atomic E-state index is -0.551. The lowest BCUT2D eigenvalue weighted by molar-refractivity contribution is 0.0773. The topological polar surface area (TPSA) is 97.3 Å². The monoisotopic (exact) mass is 410 g/mol. The summed E-state index contributed by atoms with van der Waals surface area (Å²) in [5.74, 6) is 0.488. The Bertz CT molecular complexity index is 1180. The molecule has 0 radical (unpaired) electrons. The predicted molar refractivity (Wildman–Crippen MR) is 115 cm³/mol. The number of carbonyl (C=O) groups excluding carboxylic acids is 1. The molecule has 0 aliphatic carbocycles. The second-order valence-corrected chi connectivity index (χ2v) is 7.40. The summed E-state index contributed by atoms with van der Waals surface area (Å²) in [4.78, 5) is 45.1. The molecule has 0 aliphatic heterocycles. The number of fused-ring (bicyclic) bond motifs is 1. The van der Waals surface area contributed by atoms with Crippen LogP contribution in [0.1, 0.15) is 34.8 Å². The minimum Gasteiger partial charge on any atom is -0.492 e. The Labute approximate surface area is 174 Å². The van der Waals surface area contributed by atoms with Gasteiger partial charge < -0.3 is 9.64 Å². The van der Waals surface area contributed by atoms with Crippen molar-refractivity contribution in [2.75, 3.05) is 20.2 Å². The first-order valence-electron chi connectivity index (χ1n) is 9.89. The Hall–Kier alpha value is -3.42. The van der Waals surface area contributed by atoms with Gasteiger partial charge in [-0.05, 0) is 49.6 Å². The zero-order valence-electron chi connectivity index (χ0n) is 17.7. The Kier molecular flexibility index (Phi) is 6.34. The number of likely N-dealkylation sites (N-methyl/N-ethyl adjacent to an activating group) is 1. The number of hydrogen-bond donors (Lipinski definition) is 1. The summed E-state index contributed by atoms with van der Waals surface area (Å²) in [6.45, 7) is 7.07. The summed E-state index contributed by atoms with van der Waals surface area (Å²) >= 11 is 0. The van der Waals surface area contributed by atoms with Crippen LogP contribution in [-0.4, -0.2) is 45.5 Å². The number of amides is 1. The molecule has 3 aromatic rings. The minimum absolute atomic E-state index is 0.216. The largest absolute Gasteiger partial charge is 0.492 e. The molecule has 2 aromatic heterocycles. The van der Waals surface area contributed by atoms with Crippen LogP contribution < -0.4 is 16.0 Å². The van der Waals surface area contributed by atoms with Crippen molar-refractivity contribution in [3.63, 3.8) is 0 Å². The molecule has 8 heteroatoms. The van der Waals surface area contributed by atoms with E-state index in [2.05, 4.69) is 16.0 Å². The van der Waals surface area contributed by atoms with E-state index in [1.807, 2.05) is 32.9 Å². The molecule has 2 heterocycles. The molecule has 0 atom stereocenters. The summed E-state index contributed by atoms with van der Waals surface area (Å²) in [6.07, 6.45) is 2.11. The number of hydrogen-bond acceptors (Lipinski definition) is 5. The van der Waals surface area contributed by atoms with Gasteiger partial charge in [0.05, 0.1) is 17.5 Å². The van der Waals surface area contributed by atoms with Gasteiger partial charge in [0, 0.05) is 19.8 Å². The van der Waals surface area contributed by atoms with E-state index in [0.717, 1.165) is 16.9 Å². The molecule has 3 rings (SSSR count). The van der Waals surface area contributed by atoms with Crippen molar-refractivity contribution in [1.82, 2.24) is 19.4 Å². The molecule has 1 aromatic carbocycles. The molecule has 0 unspecified atom stereocenters. The maximum absolute atomic E-state index is 12.8. The van der Waals surface area contributed by atoms with Crippen LogP contribution in [0.5, 0.6) is 5.75 Å². The Morgan fingerprint density at radius 2 is 1.87 bits per heavy atom. The van der Waals surface area contributed by atoms with Gasteiger partial charge in [0.2, 0.25) is 0 Å². The summed E-state index contributed by atoms with van der Waals surface area (Å²) < 4.78 is 7.18. The highest BCUT2D eigenvalue weighted by Crippen LogP contribution is 2.16. The van der Waals surface area contributed by atoms with E-state index in [1.165, 1.54) is 21.7 Å². The zero-order chi connectivity index (χ0) is 21.8. The van der Waals surface area contributed by atoms with Gasteiger partial charge in [-0.3, -0.25) is 19.1 Å². The Balaban J connectivity index is 1.75. The van der Waals surface area contributed by atoms with Gasteiger partial charge in [0.25, 0.3) is 11.5 Å². The number of rotatable bonds is 7. The van der Waals surface area contributed by atoms with Crippen LogP contribution >= 0.6 is 0 Å². The quantitative estimate of drug-likeness (QED) is 0.644. The van der Waals surface area contributed by atoms with Crippen LogP contribution in [0.4, 0.5) is 0 Å². The molecule has 0 saturated carbocycles. The third-order valence-electron chi connectivity index (χ3n) is 4.76. The summed E-state index contributed by atoms with van der Waals surface area (Å²) in [5, 5.41) is 0.216. The molecule has 1 amide bonds. The number of aryl methyl sites for hydroxylation is 3. The fourth-order valence-electron chi connectivity index (χ4n) is 3.35. The van der Waals surface area contributed by atoms with Crippen molar-refractivity contribution in [3.8, 4) is 5.75 Å². The fraction of sp³-hybridized carbons (Fsp3) is 0.364. The van der Waals surface area contributed by atoms with E-state index < -0.39 is 11.2 Å². The first-order valence-corrected chi connectivity index (χ1v) is 9.89. The molecule has 0 saturated heterocycles. The molecule has 0 spiro atoms. The lowest BCUT2D eigenvalue weighted by Crippen LogP contribution is -2.33. The second-order valence-electron chi connectivity index (χ2n) is 7.40. The van der Waals surface area contributed by atoms with E-state index >= 15 is 0 Å². The first kappa shape index (κ1) is 21.3. The number of H-pyrrole nitrogens is 1. The third-order valence-corrected chi connectivity index (χ3v) is 4.76. The van der Waals surface area contributed by atoms with E-state index in [1.54, 1.807) is 7.05 Å². The zero-order valence-corrected chi connectivity index (χ0v) is 17.7. The number of carbonyl (C=O) groups is 1. The molecule has 0 aliphatic rings. The van der Waals surface area contributed by atoms with Crippen LogP contribution in [0.2, 0.25) is 0 Å². The van der Waals surface area contributed by atoms with Crippen LogP contribution in [-0.2, 0) is 6.54 Å². The van der Waals surface area contributed by atoms with Crippen molar-refractivity contribution in [2.24, 2.45) is 0 Å². The molecule has 30 heavy (non-hydrogen) atoms. The van der Waals surface area contributed by atoms with Crippen molar-refractivity contribution in [2.45, 2.75) is 33.7 Å². The fourth-order valence-corrected chi connectivity index (χ4v) is 3.35. The number of pyridine rings is 1. The highest BCUT2D eigenvalue weighted by molar-refractivity contribution is 5.96. The summed E-state index contributed by atoms with van der Waals surface area (Å²) in [7, 11) is 1.67. The average Bonchev–Trinajstić information content (AvgIpc) is 2.69. The Morgan fingerprint density at radius 3 is 2.53 bits per heavy atom. The van der Waals surface area contributed by atoms with Crippen LogP contribution in [0, 0.1) is 13.8 Å². The van der Waals surface area contributed by atoms with Gasteiger partial charge in [-0.1, -0.05) is 13.0 Å². The van der Waals surface area contributed by atoms with Gasteiger partial charge in [0.1, 0.15) is 18.0 Å². The third kappa shape index (κ3) is 4.59. The Morgan fingerprint density at radius 1 is 1.17 bits per heavy atom. The van der Waals surface area contributed by atoms with Crippen LogP contribution in [0.3, 0.4) is 0 Å². The van der Waals surface area contributed by atoms with E-state index in [0.29, 0.717) is 26.1 Å². The molecular weight excluding hydrogens is 384 g/mol. The van der Waals surface area contributed by atoms with Crippen molar-refractivity contribution < 1.29 is 9.53 Å². The number of aromatic nitrogens is 3. The highest BCUT2D eigenvalue weighted by Gasteiger charge is 2.16. The maximum atomic E-state index is 12.8. The van der Waals surface area contributed by atoms with E-state index in [9.17, 15) is 14.4 Å². The molecule has 1 N–H and O–H groups in total. The van der Waals surface area contributed by atoms with Crippen molar-refractivity contribution in [1.29, 1.82) is 0 Å². The average molecular weight is 410 g/mol. The number of benzene rings is 1. The van der Waals surface area contributed by atoms with Gasteiger partial charge >= 0.3 is 5.69 Å². The van der Waals surface area contributed by atoms with Gasteiger partial charge in [-0.25, -0.2) is 9.78 Å². The SMILES string of the molecule is CCCn1c(=O)[nH]c(=O)c2cc(C(=O)N(C)CCOc3cc(C)cc(C)c3)cnc21. The second kappa shape index (κ2) is 8.94. The highest BCUT2D eigenvalue weighted by atomic mass is 16.5. The van der Waals surface area contributed by atoms with E-state index in [-0.39, 0.29) is 22.5 Å². The lowest BCUT2D eigenvalue weighted by atomic mass is 10.1. The van der Waals surface area contributed by atoms with Crippen molar-refractivity contribution in [3.05, 3.63) is 68.0 Å². The molecular formula is C22H26N4O4. The summed E-state index contributed by atoms with van der Waals surface area (Å²) in [5.41, 5.74) is 1.74. The number of nitrogens with one attached hydrogen (secondary N) is 1. The van der Waals surface area contributed by atoms with Crippen LogP contribution in [0.25, 0.3) is 11.0 Å². The summed E-state index contributed by atoms with van der Waals surface area (Å²) in [6, 6.07) is 7.45. The van der Waals surface area contributed by atoms with Crippen LogP contribution in [0.15, 0.2) is 40.1 Å². The standard InChI is InChI=1S/C22H26N4O4/c1-5-6-26-19-18(20(27)24-22(26)29)12-16(13-23-19)21(28)25(4)7-8-30-17-10-14(2)9-15(3)11-17/h9-13H,5-8H2,1-4H3,(H,24,27,29). The first-order chi connectivity index (χ1) is 14.3. The maximum Gasteiger partial charge on any atom is 0.329 e. The normalized spacial score (nSPS) is 10.9. The van der Waals surface area contributed by atoms with E-state index in [4.69, 9.17) is 4.74 Å².